The highest BCUT2D eigenvalue weighted by Crippen LogP contribution is 2.31. The lowest BCUT2D eigenvalue weighted by atomic mass is 9.79. The van der Waals surface area contributed by atoms with E-state index in [0.717, 1.165) is 43.6 Å². The van der Waals surface area contributed by atoms with E-state index >= 15 is 0 Å². The van der Waals surface area contributed by atoms with E-state index in [1.807, 2.05) is 11.8 Å². The van der Waals surface area contributed by atoms with Crippen LogP contribution in [0.25, 0.3) is 0 Å². The minimum absolute atomic E-state index is 0.130. The molecule has 1 fully saturated rings. The van der Waals surface area contributed by atoms with Gasteiger partial charge in [-0.25, -0.2) is 0 Å². The third-order valence-corrected chi connectivity index (χ3v) is 6.45. The van der Waals surface area contributed by atoms with Gasteiger partial charge in [-0.3, -0.25) is 4.99 Å². The van der Waals surface area contributed by atoms with Crippen LogP contribution in [0.1, 0.15) is 65.7 Å². The molecule has 1 saturated carbocycles. The van der Waals surface area contributed by atoms with E-state index < -0.39 is 0 Å². The highest BCUT2D eigenvalue weighted by Gasteiger charge is 2.26. The number of nitrogens with one attached hydrogen (secondary N) is 2. The lowest BCUT2D eigenvalue weighted by molar-refractivity contribution is 0.175. The summed E-state index contributed by atoms with van der Waals surface area (Å²) in [5.74, 6) is 0.948. The van der Waals surface area contributed by atoms with E-state index in [-0.39, 0.29) is 12.0 Å². The van der Waals surface area contributed by atoms with Gasteiger partial charge in [0.05, 0.1) is 0 Å². The molecule has 0 aromatic rings. The first-order valence-electron chi connectivity index (χ1n) is 9.31. The van der Waals surface area contributed by atoms with Gasteiger partial charge < -0.3 is 15.7 Å². The van der Waals surface area contributed by atoms with Gasteiger partial charge in [0.15, 0.2) is 5.96 Å². The summed E-state index contributed by atoms with van der Waals surface area (Å²) in [4.78, 5) is 4.87. The van der Waals surface area contributed by atoms with Crippen LogP contribution in [0.3, 0.4) is 0 Å². The van der Waals surface area contributed by atoms with Crippen molar-refractivity contribution in [1.29, 1.82) is 0 Å². The first-order chi connectivity index (χ1) is 11.1. The fourth-order valence-electron chi connectivity index (χ4n) is 3.39. The molecule has 136 valence electrons. The molecule has 3 N–H and O–H groups in total. The second-order valence-corrected chi connectivity index (χ2v) is 7.88. The third-order valence-electron chi connectivity index (χ3n) is 5.36. The number of aliphatic hydroxyl groups excluding tert-OH is 1. The van der Waals surface area contributed by atoms with Gasteiger partial charge in [0.2, 0.25) is 0 Å². The van der Waals surface area contributed by atoms with E-state index in [4.69, 9.17) is 4.99 Å². The summed E-state index contributed by atoms with van der Waals surface area (Å²) in [6.45, 7) is 8.45. The van der Waals surface area contributed by atoms with Crippen molar-refractivity contribution in [3.05, 3.63) is 0 Å². The molecule has 5 heteroatoms. The van der Waals surface area contributed by atoms with Gasteiger partial charge in [-0.05, 0) is 57.1 Å². The Morgan fingerprint density at radius 3 is 2.57 bits per heavy atom. The minimum atomic E-state index is 0.130. The van der Waals surface area contributed by atoms with Gasteiger partial charge >= 0.3 is 0 Å². The summed E-state index contributed by atoms with van der Waals surface area (Å²) < 4.78 is 0. The third kappa shape index (κ3) is 6.92. The molecule has 0 amide bonds. The second kappa shape index (κ2) is 11.2. The van der Waals surface area contributed by atoms with Crippen LogP contribution in [0.4, 0.5) is 0 Å². The zero-order valence-corrected chi connectivity index (χ0v) is 16.3. The van der Waals surface area contributed by atoms with Crippen LogP contribution in [-0.4, -0.2) is 48.3 Å². The summed E-state index contributed by atoms with van der Waals surface area (Å²) in [7, 11) is 0. The van der Waals surface area contributed by atoms with Crippen LogP contribution in [0, 0.1) is 5.41 Å². The quantitative estimate of drug-likeness (QED) is 0.444. The standard InChI is InChI=1S/C18H37N3OS/c1-5-18(6-2,11-12-22)14-20-17(19-7-3)21-15-9-8-10-16(13-15)23-4/h15-16,22H,5-14H2,1-4H3,(H2,19,20,21). The van der Waals surface area contributed by atoms with Crippen molar-refractivity contribution in [2.45, 2.75) is 77.0 Å². The molecule has 4 nitrogen and oxygen atoms in total. The summed E-state index contributed by atoms with van der Waals surface area (Å²) in [5.41, 5.74) is 0.130. The highest BCUT2D eigenvalue weighted by molar-refractivity contribution is 7.99. The average molecular weight is 344 g/mol. The monoisotopic (exact) mass is 343 g/mol. The number of aliphatic hydroxyl groups is 1. The SMILES string of the molecule is CCNC(=NCC(CC)(CC)CCO)NC1CCCC(SC)C1. The van der Waals surface area contributed by atoms with Gasteiger partial charge in [-0.1, -0.05) is 20.3 Å². The van der Waals surface area contributed by atoms with Crippen molar-refractivity contribution < 1.29 is 5.11 Å². The van der Waals surface area contributed by atoms with Crippen molar-refractivity contribution in [1.82, 2.24) is 10.6 Å². The molecule has 0 saturated heterocycles. The maximum absolute atomic E-state index is 9.37. The molecule has 0 aromatic heterocycles. The van der Waals surface area contributed by atoms with Gasteiger partial charge in [-0.2, -0.15) is 11.8 Å². The molecule has 1 aliphatic rings. The molecule has 1 aliphatic carbocycles. The van der Waals surface area contributed by atoms with Crippen LogP contribution < -0.4 is 10.6 Å². The van der Waals surface area contributed by atoms with Crippen molar-refractivity contribution in [2.75, 3.05) is 26.0 Å². The molecule has 0 bridgehead atoms. The summed E-state index contributed by atoms with van der Waals surface area (Å²) in [5, 5.41) is 17.2. The van der Waals surface area contributed by atoms with E-state index in [9.17, 15) is 5.11 Å². The first kappa shape index (κ1) is 20.6. The van der Waals surface area contributed by atoms with Crippen LogP contribution >= 0.6 is 11.8 Å². The van der Waals surface area contributed by atoms with E-state index in [1.54, 1.807) is 0 Å². The molecule has 0 radical (unpaired) electrons. The number of thioether (sulfide) groups is 1. The maximum Gasteiger partial charge on any atom is 0.191 e. The Hall–Kier alpha value is -0.420. The van der Waals surface area contributed by atoms with Crippen LogP contribution in [0.2, 0.25) is 0 Å². The van der Waals surface area contributed by atoms with Crippen LogP contribution in [-0.2, 0) is 0 Å². The molecule has 1 rings (SSSR count). The van der Waals surface area contributed by atoms with Gasteiger partial charge in [0, 0.05) is 31.0 Å². The Kier molecular flexibility index (Phi) is 10.0. The Bertz CT molecular complexity index is 345. The van der Waals surface area contributed by atoms with Gasteiger partial charge in [0.25, 0.3) is 0 Å². The predicted molar refractivity (Wildman–Crippen MR) is 103 cm³/mol. The smallest absolute Gasteiger partial charge is 0.191 e. The number of hydrogen-bond donors (Lipinski definition) is 3. The summed E-state index contributed by atoms with van der Waals surface area (Å²) in [6.07, 6.45) is 10.3. The topological polar surface area (TPSA) is 56.7 Å². The largest absolute Gasteiger partial charge is 0.396 e. The number of rotatable bonds is 9. The Balaban J connectivity index is 2.68. The van der Waals surface area contributed by atoms with Crippen molar-refractivity contribution in [3.8, 4) is 0 Å². The number of aliphatic imine (C=N–C) groups is 1. The van der Waals surface area contributed by atoms with Crippen molar-refractivity contribution >= 4 is 17.7 Å². The molecule has 0 aliphatic heterocycles. The van der Waals surface area contributed by atoms with Crippen molar-refractivity contribution in [3.63, 3.8) is 0 Å². The summed E-state index contributed by atoms with van der Waals surface area (Å²) in [6, 6.07) is 0.537. The molecule has 23 heavy (non-hydrogen) atoms. The second-order valence-electron chi connectivity index (χ2n) is 6.74. The first-order valence-corrected chi connectivity index (χ1v) is 10.6. The molecule has 2 unspecified atom stereocenters. The molecular formula is C18H37N3OS. The number of hydrogen-bond acceptors (Lipinski definition) is 3. The Morgan fingerprint density at radius 2 is 2.00 bits per heavy atom. The lowest BCUT2D eigenvalue weighted by Gasteiger charge is -2.32. The molecule has 0 spiro atoms. The predicted octanol–water partition coefficient (Wildman–Crippen LogP) is 3.40. The zero-order valence-electron chi connectivity index (χ0n) is 15.5. The van der Waals surface area contributed by atoms with E-state index in [1.165, 1.54) is 25.7 Å². The minimum Gasteiger partial charge on any atom is -0.396 e. The van der Waals surface area contributed by atoms with Crippen LogP contribution in [0.5, 0.6) is 0 Å². The maximum atomic E-state index is 9.37. The Labute approximate surface area is 147 Å². The number of nitrogens with zero attached hydrogens (tertiary/aromatic N) is 1. The van der Waals surface area contributed by atoms with Crippen LogP contribution in [0.15, 0.2) is 4.99 Å². The summed E-state index contributed by atoms with van der Waals surface area (Å²) >= 11 is 1.99. The van der Waals surface area contributed by atoms with E-state index in [0.29, 0.717) is 6.04 Å². The average Bonchev–Trinajstić information content (AvgIpc) is 2.59. The van der Waals surface area contributed by atoms with Gasteiger partial charge in [0.1, 0.15) is 0 Å². The highest BCUT2D eigenvalue weighted by atomic mass is 32.2. The fraction of sp³-hybridized carbons (Fsp3) is 0.944. The number of guanidine groups is 1. The molecule has 0 heterocycles. The molecule has 2 atom stereocenters. The van der Waals surface area contributed by atoms with E-state index in [2.05, 4.69) is 37.7 Å². The van der Waals surface area contributed by atoms with Gasteiger partial charge in [-0.15, -0.1) is 0 Å². The Morgan fingerprint density at radius 1 is 1.26 bits per heavy atom. The lowest BCUT2D eigenvalue weighted by Crippen LogP contribution is -2.46. The molecular weight excluding hydrogens is 306 g/mol. The molecule has 0 aromatic carbocycles. The normalized spacial score (nSPS) is 22.9. The van der Waals surface area contributed by atoms with Crippen molar-refractivity contribution in [2.24, 2.45) is 10.4 Å². The zero-order chi connectivity index (χ0) is 17.1. The fourth-order valence-corrected chi connectivity index (χ4v) is 4.22.